The zero-order valence-electron chi connectivity index (χ0n) is 7.16. The molecule has 0 aromatic heterocycles. The third kappa shape index (κ3) is 2.73. The highest BCUT2D eigenvalue weighted by Gasteiger charge is 2.15. The fourth-order valence-corrected chi connectivity index (χ4v) is 2.09. The third-order valence-corrected chi connectivity index (χ3v) is 3.00. The summed E-state index contributed by atoms with van der Waals surface area (Å²) in [5, 5.41) is 8.10. The van der Waals surface area contributed by atoms with Gasteiger partial charge in [0.1, 0.15) is 0 Å². The lowest BCUT2D eigenvalue weighted by atomic mass is 10.2. The molecule has 1 unspecified atom stereocenters. The molecule has 0 spiro atoms. The molecular formula is C7H14N4S. The first kappa shape index (κ1) is 9.38. The number of guanidine groups is 1. The van der Waals surface area contributed by atoms with E-state index in [-0.39, 0.29) is 5.96 Å². The van der Waals surface area contributed by atoms with Gasteiger partial charge in [-0.3, -0.25) is 0 Å². The molecule has 1 rings (SSSR count). The molecule has 68 valence electrons. The van der Waals surface area contributed by atoms with Gasteiger partial charge in [-0.15, -0.1) is 5.10 Å². The van der Waals surface area contributed by atoms with E-state index in [2.05, 4.69) is 17.1 Å². The van der Waals surface area contributed by atoms with Gasteiger partial charge in [-0.25, -0.2) is 0 Å². The molecule has 1 atom stereocenters. The lowest BCUT2D eigenvalue weighted by Gasteiger charge is -2.18. The van der Waals surface area contributed by atoms with E-state index in [1.54, 1.807) is 0 Å². The number of rotatable bonds is 1. The van der Waals surface area contributed by atoms with E-state index in [1.165, 1.54) is 12.2 Å². The minimum absolute atomic E-state index is 0.0327. The van der Waals surface area contributed by atoms with E-state index in [0.717, 1.165) is 12.1 Å². The fraction of sp³-hybridized carbons (Fsp3) is 0.714. The first-order valence-electron chi connectivity index (χ1n) is 3.97. The van der Waals surface area contributed by atoms with Gasteiger partial charge in [0, 0.05) is 5.25 Å². The molecule has 0 aromatic rings. The van der Waals surface area contributed by atoms with Crippen LogP contribution in [0.2, 0.25) is 0 Å². The van der Waals surface area contributed by atoms with E-state index in [4.69, 9.17) is 11.5 Å². The van der Waals surface area contributed by atoms with Crippen molar-refractivity contribution in [2.24, 2.45) is 21.7 Å². The van der Waals surface area contributed by atoms with Crippen LogP contribution in [-0.2, 0) is 0 Å². The SMILES string of the molecule is CC1SCCCC1=NN=C(N)N. The summed E-state index contributed by atoms with van der Waals surface area (Å²) in [7, 11) is 0. The predicted molar refractivity (Wildman–Crippen MR) is 54.4 cm³/mol. The molecule has 1 aliphatic rings. The van der Waals surface area contributed by atoms with Crippen LogP contribution in [0.5, 0.6) is 0 Å². The molecular weight excluding hydrogens is 172 g/mol. The Kier molecular flexibility index (Phi) is 3.40. The van der Waals surface area contributed by atoms with Crippen LogP contribution in [0.1, 0.15) is 19.8 Å². The largest absolute Gasteiger partial charge is 0.369 e. The second kappa shape index (κ2) is 4.35. The van der Waals surface area contributed by atoms with Crippen LogP contribution >= 0.6 is 11.8 Å². The van der Waals surface area contributed by atoms with Crippen molar-refractivity contribution in [2.75, 3.05) is 5.75 Å². The van der Waals surface area contributed by atoms with Crippen LogP contribution in [0.15, 0.2) is 10.2 Å². The van der Waals surface area contributed by atoms with E-state index >= 15 is 0 Å². The smallest absolute Gasteiger partial charge is 0.211 e. The van der Waals surface area contributed by atoms with Gasteiger partial charge in [-0.2, -0.15) is 16.9 Å². The Morgan fingerprint density at radius 1 is 1.58 bits per heavy atom. The van der Waals surface area contributed by atoms with Gasteiger partial charge in [0.2, 0.25) is 5.96 Å². The Hall–Kier alpha value is -0.710. The molecule has 12 heavy (non-hydrogen) atoms. The van der Waals surface area contributed by atoms with Crippen molar-refractivity contribution in [3.05, 3.63) is 0 Å². The summed E-state index contributed by atoms with van der Waals surface area (Å²) >= 11 is 1.90. The topological polar surface area (TPSA) is 76.8 Å². The summed E-state index contributed by atoms with van der Waals surface area (Å²) in [6.07, 6.45) is 2.19. The average Bonchev–Trinajstić information content (AvgIpc) is 2.03. The molecule has 1 aliphatic heterocycles. The van der Waals surface area contributed by atoms with E-state index in [9.17, 15) is 0 Å². The molecule has 1 fully saturated rings. The van der Waals surface area contributed by atoms with Crippen LogP contribution in [0, 0.1) is 0 Å². The zero-order chi connectivity index (χ0) is 8.97. The summed E-state index contributed by atoms with van der Waals surface area (Å²) in [5.41, 5.74) is 11.4. The van der Waals surface area contributed by atoms with E-state index in [0.29, 0.717) is 5.25 Å². The lowest BCUT2D eigenvalue weighted by Crippen LogP contribution is -2.23. The van der Waals surface area contributed by atoms with Crippen LogP contribution in [0.25, 0.3) is 0 Å². The summed E-state index contributed by atoms with van der Waals surface area (Å²) in [4.78, 5) is 0. The van der Waals surface area contributed by atoms with Crippen LogP contribution in [-0.4, -0.2) is 22.7 Å². The maximum Gasteiger partial charge on any atom is 0.211 e. The Bertz CT molecular complexity index is 207. The monoisotopic (exact) mass is 186 g/mol. The lowest BCUT2D eigenvalue weighted by molar-refractivity contribution is 0.941. The van der Waals surface area contributed by atoms with E-state index < -0.39 is 0 Å². The predicted octanol–water partition coefficient (Wildman–Crippen LogP) is 0.531. The normalized spacial score (nSPS) is 27.1. The fourth-order valence-electron chi connectivity index (χ4n) is 1.07. The van der Waals surface area contributed by atoms with Gasteiger partial charge >= 0.3 is 0 Å². The van der Waals surface area contributed by atoms with Gasteiger partial charge in [-0.1, -0.05) is 0 Å². The van der Waals surface area contributed by atoms with Crippen molar-refractivity contribution in [3.8, 4) is 0 Å². The van der Waals surface area contributed by atoms with Crippen molar-refractivity contribution < 1.29 is 0 Å². The summed E-state index contributed by atoms with van der Waals surface area (Å²) in [6, 6.07) is 0. The Morgan fingerprint density at radius 3 is 2.92 bits per heavy atom. The molecule has 1 heterocycles. The van der Waals surface area contributed by atoms with Crippen molar-refractivity contribution in [1.82, 2.24) is 0 Å². The maximum absolute atomic E-state index is 5.17. The highest BCUT2D eigenvalue weighted by atomic mass is 32.2. The van der Waals surface area contributed by atoms with Crippen molar-refractivity contribution in [1.29, 1.82) is 0 Å². The summed E-state index contributed by atoms with van der Waals surface area (Å²) < 4.78 is 0. The average molecular weight is 186 g/mol. The summed E-state index contributed by atoms with van der Waals surface area (Å²) in [5.74, 6) is 1.24. The molecule has 0 saturated carbocycles. The molecule has 0 amide bonds. The van der Waals surface area contributed by atoms with E-state index in [1.807, 2.05) is 11.8 Å². The zero-order valence-corrected chi connectivity index (χ0v) is 7.97. The minimum Gasteiger partial charge on any atom is -0.369 e. The molecule has 1 saturated heterocycles. The number of thioether (sulfide) groups is 1. The molecule has 0 aromatic carbocycles. The van der Waals surface area contributed by atoms with Crippen molar-refractivity contribution >= 4 is 23.4 Å². The number of nitrogens with zero attached hydrogens (tertiary/aromatic N) is 2. The highest BCUT2D eigenvalue weighted by molar-refractivity contribution is 8.00. The van der Waals surface area contributed by atoms with Crippen molar-refractivity contribution in [2.45, 2.75) is 25.0 Å². The second-order valence-corrected chi connectivity index (χ2v) is 4.18. The maximum atomic E-state index is 5.17. The van der Waals surface area contributed by atoms with Gasteiger partial charge in [0.05, 0.1) is 5.71 Å². The standard InChI is InChI=1S/C7H14N4S/c1-5-6(3-2-4-12-5)10-11-7(8)9/h5H,2-4H2,1H3,(H4,8,9,11). The number of hydrogen-bond acceptors (Lipinski definition) is 3. The van der Waals surface area contributed by atoms with Gasteiger partial charge in [0.15, 0.2) is 0 Å². The first-order chi connectivity index (χ1) is 5.70. The van der Waals surface area contributed by atoms with Gasteiger partial charge < -0.3 is 11.5 Å². The molecule has 0 radical (unpaired) electrons. The summed E-state index contributed by atoms with van der Waals surface area (Å²) in [6.45, 7) is 2.13. The Morgan fingerprint density at radius 2 is 2.33 bits per heavy atom. The van der Waals surface area contributed by atoms with Gasteiger partial charge in [0.25, 0.3) is 0 Å². The van der Waals surface area contributed by atoms with Crippen LogP contribution in [0.3, 0.4) is 0 Å². The van der Waals surface area contributed by atoms with Crippen LogP contribution < -0.4 is 11.5 Å². The molecule has 4 nitrogen and oxygen atoms in total. The Labute approximate surface area is 76.5 Å². The highest BCUT2D eigenvalue weighted by Crippen LogP contribution is 2.22. The third-order valence-electron chi connectivity index (χ3n) is 1.71. The Balaban J connectivity index is 2.59. The van der Waals surface area contributed by atoms with Crippen molar-refractivity contribution in [3.63, 3.8) is 0 Å². The number of nitrogens with two attached hydrogens (primary N) is 2. The minimum atomic E-state index is 0.0327. The van der Waals surface area contributed by atoms with Crippen LogP contribution in [0.4, 0.5) is 0 Å². The molecule has 5 heteroatoms. The quantitative estimate of drug-likeness (QED) is 0.356. The molecule has 4 N–H and O–H groups in total. The number of hydrogen-bond donors (Lipinski definition) is 2. The second-order valence-electron chi connectivity index (χ2n) is 2.73. The first-order valence-corrected chi connectivity index (χ1v) is 5.02. The molecule has 0 aliphatic carbocycles. The molecule has 0 bridgehead atoms. The van der Waals surface area contributed by atoms with Gasteiger partial charge in [-0.05, 0) is 25.5 Å².